The second-order valence-corrected chi connectivity index (χ2v) is 6.64. The highest BCUT2D eigenvalue weighted by atomic mass is 35.5. The number of halogens is 3. The quantitative estimate of drug-likeness (QED) is 0.741. The molecule has 15 heavy (non-hydrogen) atoms. The third kappa shape index (κ3) is 1.98. The van der Waals surface area contributed by atoms with Gasteiger partial charge < -0.3 is 0 Å². The van der Waals surface area contributed by atoms with Crippen LogP contribution in [0.3, 0.4) is 0 Å². The summed E-state index contributed by atoms with van der Waals surface area (Å²) in [6.07, 6.45) is 1.70. The molecule has 1 saturated heterocycles. The maximum Gasteiger partial charge on any atom is 0.157 e. The lowest BCUT2D eigenvalue weighted by Crippen LogP contribution is -2.29. The Labute approximate surface area is 103 Å². The van der Waals surface area contributed by atoms with Crippen LogP contribution in [0.5, 0.6) is 0 Å². The first-order chi connectivity index (χ1) is 6.92. The lowest BCUT2D eigenvalue weighted by atomic mass is 10.1. The molecule has 0 bridgehead atoms. The van der Waals surface area contributed by atoms with Crippen molar-refractivity contribution < 1.29 is 8.42 Å². The fourth-order valence-electron chi connectivity index (χ4n) is 1.43. The molecule has 1 aromatic carbocycles. The summed E-state index contributed by atoms with van der Waals surface area (Å²) in [4.78, 5) is 0. The van der Waals surface area contributed by atoms with Crippen molar-refractivity contribution in [1.29, 1.82) is 0 Å². The van der Waals surface area contributed by atoms with Crippen LogP contribution in [0.25, 0.3) is 0 Å². The lowest BCUT2D eigenvalue weighted by molar-refractivity contribution is 0.577. The summed E-state index contributed by atoms with van der Waals surface area (Å²) >= 11 is 17.4. The number of rotatable bonds is 1. The number of sulfone groups is 1. The normalized spacial score (nSPS) is 23.5. The number of hydrogen-bond acceptors (Lipinski definition) is 2. The first-order valence-electron chi connectivity index (χ1n) is 4.11. The first kappa shape index (κ1) is 11.5. The predicted molar refractivity (Wildman–Crippen MR) is 62.3 cm³/mol. The highest BCUT2D eigenvalue weighted by Gasteiger charge is 2.37. The van der Waals surface area contributed by atoms with Gasteiger partial charge in [0.05, 0.1) is 26.1 Å². The van der Waals surface area contributed by atoms with E-state index in [9.17, 15) is 8.42 Å². The van der Waals surface area contributed by atoms with E-state index in [1.807, 2.05) is 0 Å². The maximum absolute atomic E-state index is 11.4. The van der Waals surface area contributed by atoms with Gasteiger partial charge in [-0.3, -0.25) is 0 Å². The molecule has 1 heterocycles. The highest BCUT2D eigenvalue weighted by Crippen LogP contribution is 2.40. The van der Waals surface area contributed by atoms with Gasteiger partial charge in [-0.2, -0.15) is 0 Å². The monoisotopic (exact) mass is 283 g/mol. The predicted octanol–water partition coefficient (Wildman–Crippen LogP) is 3.32. The van der Waals surface area contributed by atoms with Gasteiger partial charge in [0.1, 0.15) is 0 Å². The fourth-order valence-corrected chi connectivity index (χ4v) is 3.30. The molecule has 2 nitrogen and oxygen atoms in total. The molecule has 0 aliphatic carbocycles. The standard InChI is InChI=1S/C9H6Cl3O2S/c10-6-3-5(4-7(11)9(6)12)8-1-2-15(8,13)14/h1,3-4,8H,2H2. The van der Waals surface area contributed by atoms with E-state index in [-0.39, 0.29) is 20.8 Å². The third-order valence-corrected chi connectivity index (χ3v) is 5.36. The Balaban J connectivity index is 2.47. The van der Waals surface area contributed by atoms with Crippen molar-refractivity contribution in [3.05, 3.63) is 39.2 Å². The Morgan fingerprint density at radius 1 is 1.13 bits per heavy atom. The van der Waals surface area contributed by atoms with E-state index in [2.05, 4.69) is 0 Å². The van der Waals surface area contributed by atoms with Gasteiger partial charge in [0.15, 0.2) is 9.84 Å². The second-order valence-electron chi connectivity index (χ2n) is 3.28. The van der Waals surface area contributed by atoms with Crippen LogP contribution in [-0.2, 0) is 9.84 Å². The van der Waals surface area contributed by atoms with Gasteiger partial charge in [-0.25, -0.2) is 8.42 Å². The van der Waals surface area contributed by atoms with E-state index in [1.165, 1.54) is 12.1 Å². The molecule has 81 valence electrons. The van der Waals surface area contributed by atoms with E-state index in [1.54, 1.807) is 6.42 Å². The van der Waals surface area contributed by atoms with Gasteiger partial charge >= 0.3 is 0 Å². The Bertz CT molecular complexity index is 487. The van der Waals surface area contributed by atoms with Crippen molar-refractivity contribution in [2.45, 2.75) is 5.25 Å². The zero-order valence-corrected chi connectivity index (χ0v) is 10.5. The SMILES string of the molecule is O=S1(=O)C[CH]C1c1cc(Cl)c(Cl)c(Cl)c1. The summed E-state index contributed by atoms with van der Waals surface area (Å²) < 4.78 is 22.8. The smallest absolute Gasteiger partial charge is 0.157 e. The molecule has 0 aromatic heterocycles. The first-order valence-corrected chi connectivity index (χ1v) is 6.96. The van der Waals surface area contributed by atoms with Crippen molar-refractivity contribution in [1.82, 2.24) is 0 Å². The average Bonchev–Trinajstić information content (AvgIpc) is 2.12. The third-order valence-electron chi connectivity index (χ3n) is 2.26. The van der Waals surface area contributed by atoms with Crippen molar-refractivity contribution in [3.8, 4) is 0 Å². The molecule has 1 aliphatic heterocycles. The van der Waals surface area contributed by atoms with E-state index in [0.717, 1.165) is 0 Å². The molecule has 0 amide bonds. The van der Waals surface area contributed by atoms with Crippen LogP contribution < -0.4 is 0 Å². The molecule has 1 fully saturated rings. The van der Waals surface area contributed by atoms with E-state index < -0.39 is 15.1 Å². The summed E-state index contributed by atoms with van der Waals surface area (Å²) in [5, 5.41) is 0.202. The molecule has 2 rings (SSSR count). The Kier molecular flexibility index (Phi) is 2.93. The molecule has 1 atom stereocenters. The Hall–Kier alpha value is 0.0400. The van der Waals surface area contributed by atoms with Crippen LogP contribution in [-0.4, -0.2) is 14.2 Å². The zero-order chi connectivity index (χ0) is 11.2. The fraction of sp³-hybridized carbons (Fsp3) is 0.222. The second kappa shape index (κ2) is 3.81. The molecule has 1 radical (unpaired) electrons. The van der Waals surface area contributed by atoms with Gasteiger partial charge in [-0.15, -0.1) is 0 Å². The molecule has 6 heteroatoms. The summed E-state index contributed by atoms with van der Waals surface area (Å²) in [7, 11) is -3.04. The lowest BCUT2D eigenvalue weighted by Gasteiger charge is -2.26. The summed E-state index contributed by atoms with van der Waals surface area (Å²) in [6.45, 7) is 0. The topological polar surface area (TPSA) is 34.1 Å². The van der Waals surface area contributed by atoms with Gasteiger partial charge in [0.25, 0.3) is 0 Å². The summed E-state index contributed by atoms with van der Waals surface area (Å²) in [6, 6.07) is 3.07. The average molecular weight is 285 g/mol. The Morgan fingerprint density at radius 2 is 1.67 bits per heavy atom. The minimum atomic E-state index is -3.04. The molecular weight excluding hydrogens is 279 g/mol. The van der Waals surface area contributed by atoms with Gasteiger partial charge in [0.2, 0.25) is 0 Å². The molecule has 0 spiro atoms. The zero-order valence-electron chi connectivity index (χ0n) is 7.38. The van der Waals surface area contributed by atoms with Crippen molar-refractivity contribution >= 4 is 44.6 Å². The number of hydrogen-bond donors (Lipinski definition) is 0. The summed E-state index contributed by atoms with van der Waals surface area (Å²) in [5.41, 5.74) is 0.570. The van der Waals surface area contributed by atoms with Crippen LogP contribution in [0.15, 0.2) is 12.1 Å². The van der Waals surface area contributed by atoms with Crippen LogP contribution in [0, 0.1) is 6.42 Å². The van der Waals surface area contributed by atoms with Crippen molar-refractivity contribution in [2.75, 3.05) is 5.75 Å². The number of benzene rings is 1. The van der Waals surface area contributed by atoms with E-state index in [0.29, 0.717) is 5.56 Å². The summed E-state index contributed by atoms with van der Waals surface area (Å²) in [5.74, 6) is 0.107. The minimum Gasteiger partial charge on any atom is -0.228 e. The highest BCUT2D eigenvalue weighted by molar-refractivity contribution is 7.93. The minimum absolute atomic E-state index is 0.107. The molecule has 0 saturated carbocycles. The van der Waals surface area contributed by atoms with Gasteiger partial charge in [0, 0.05) is 0 Å². The Morgan fingerprint density at radius 3 is 2.00 bits per heavy atom. The molecule has 1 aliphatic rings. The molecule has 1 aromatic rings. The molecular formula is C9H6Cl3O2S. The molecule has 0 N–H and O–H groups in total. The van der Waals surface area contributed by atoms with Crippen LogP contribution >= 0.6 is 34.8 Å². The van der Waals surface area contributed by atoms with Gasteiger partial charge in [-0.05, 0) is 24.1 Å². The largest absolute Gasteiger partial charge is 0.228 e. The van der Waals surface area contributed by atoms with Crippen molar-refractivity contribution in [3.63, 3.8) is 0 Å². The van der Waals surface area contributed by atoms with Gasteiger partial charge in [-0.1, -0.05) is 34.8 Å². The van der Waals surface area contributed by atoms with E-state index >= 15 is 0 Å². The maximum atomic E-state index is 11.4. The molecule has 1 unspecified atom stereocenters. The van der Waals surface area contributed by atoms with Crippen LogP contribution in [0.1, 0.15) is 10.8 Å². The van der Waals surface area contributed by atoms with Crippen LogP contribution in [0.2, 0.25) is 15.1 Å². The van der Waals surface area contributed by atoms with Crippen LogP contribution in [0.4, 0.5) is 0 Å². The van der Waals surface area contributed by atoms with Crippen molar-refractivity contribution in [2.24, 2.45) is 0 Å². The van der Waals surface area contributed by atoms with E-state index in [4.69, 9.17) is 34.8 Å².